The van der Waals surface area contributed by atoms with Gasteiger partial charge >= 0.3 is 5.92 Å². The lowest BCUT2D eigenvalue weighted by Crippen LogP contribution is -2.57. The quantitative estimate of drug-likeness (QED) is 0.399. The summed E-state index contributed by atoms with van der Waals surface area (Å²) < 4.78 is 74.9. The molecule has 2 N–H and O–H groups in total. The Morgan fingerprint density at radius 1 is 1.15 bits per heavy atom. The van der Waals surface area contributed by atoms with Gasteiger partial charge in [0.15, 0.2) is 22.7 Å². The number of rotatable bonds is 12. The third-order valence-electron chi connectivity index (χ3n) is 8.09. The first-order valence-corrected chi connectivity index (χ1v) is 14.4. The summed E-state index contributed by atoms with van der Waals surface area (Å²) in [6.07, 6.45) is -0.000116. The van der Waals surface area contributed by atoms with Crippen LogP contribution in [0.15, 0.2) is 48.5 Å². The number of ether oxygens (including phenoxy) is 2. The molecule has 4 fully saturated rings. The lowest BCUT2D eigenvalue weighted by atomic mass is 10.0. The van der Waals surface area contributed by atoms with Gasteiger partial charge in [-0.3, -0.25) is 14.3 Å². The number of nitrogens with zero attached hydrogens (tertiary/aromatic N) is 1. The second kappa shape index (κ2) is 9.46. The van der Waals surface area contributed by atoms with Gasteiger partial charge in [-0.2, -0.15) is 14.0 Å². The number of nitriles is 1. The third-order valence-corrected chi connectivity index (χ3v) is 9.28. The molecule has 0 radical (unpaired) electrons. The maximum atomic E-state index is 16.0. The normalized spacial score (nSPS) is 31.4. The number of nitrogens with one attached hydrogen (secondary N) is 2. The van der Waals surface area contributed by atoms with Crippen molar-refractivity contribution in [3.05, 3.63) is 59.9 Å². The molecule has 0 aromatic heterocycles. The highest BCUT2D eigenvalue weighted by Crippen LogP contribution is 2.64. The molecule has 8 nitrogen and oxygen atoms in total. The van der Waals surface area contributed by atoms with Crippen LogP contribution in [-0.4, -0.2) is 52.2 Å². The monoisotopic (exact) mass is 575 g/mol. The van der Waals surface area contributed by atoms with Crippen LogP contribution < -0.4 is 20.1 Å². The highest BCUT2D eigenvalue weighted by molar-refractivity contribution is 7.80. The number of methoxy groups -OCH3 is 1. The number of carbonyl (C=O) groups is 1. The van der Waals surface area contributed by atoms with Gasteiger partial charge in [0.1, 0.15) is 34.5 Å². The predicted molar refractivity (Wildman–Crippen MR) is 137 cm³/mol. The van der Waals surface area contributed by atoms with Crippen molar-refractivity contribution in [3.8, 4) is 17.6 Å². The van der Waals surface area contributed by atoms with Gasteiger partial charge in [0.2, 0.25) is 5.91 Å². The highest BCUT2D eigenvalue weighted by atomic mass is 32.2. The van der Waals surface area contributed by atoms with E-state index >= 15 is 8.78 Å². The zero-order chi connectivity index (χ0) is 28.3. The maximum Gasteiger partial charge on any atom is 0.312 e. The van der Waals surface area contributed by atoms with E-state index in [9.17, 15) is 18.7 Å². The van der Waals surface area contributed by atoms with Crippen molar-refractivity contribution in [1.29, 1.82) is 5.26 Å². The number of alkyl halides is 2. The minimum Gasteiger partial charge on any atom is -0.497 e. The molecule has 0 saturated heterocycles. The molecule has 2 aromatic rings. The van der Waals surface area contributed by atoms with Crippen LogP contribution in [0.3, 0.4) is 0 Å². The molecule has 5 atom stereocenters. The number of carbonyl (C=O) groups excluding carboxylic acids is 1. The van der Waals surface area contributed by atoms with Crippen molar-refractivity contribution < 1.29 is 35.8 Å². The Morgan fingerprint density at radius 3 is 2.50 bits per heavy atom. The molecule has 4 unspecified atom stereocenters. The minimum absolute atomic E-state index is 0.0201. The Kier molecular flexibility index (Phi) is 6.40. The summed E-state index contributed by atoms with van der Waals surface area (Å²) in [4.78, 5) is 13.7. The van der Waals surface area contributed by atoms with E-state index in [0.29, 0.717) is 24.3 Å². The Bertz CT molecular complexity index is 1390. The van der Waals surface area contributed by atoms with E-state index in [4.69, 9.17) is 13.7 Å². The van der Waals surface area contributed by atoms with Crippen LogP contribution >= 0.6 is 0 Å². The van der Waals surface area contributed by atoms with E-state index in [0.717, 1.165) is 25.0 Å². The topological polar surface area (TPSA) is 110 Å². The summed E-state index contributed by atoms with van der Waals surface area (Å²) in [6.45, 7) is 0. The lowest BCUT2D eigenvalue weighted by Gasteiger charge is -2.27. The fourth-order valence-corrected chi connectivity index (χ4v) is 6.40. The Labute approximate surface area is 231 Å². The summed E-state index contributed by atoms with van der Waals surface area (Å²) in [7, 11) is 1.41. The van der Waals surface area contributed by atoms with E-state index in [1.165, 1.54) is 31.4 Å². The van der Waals surface area contributed by atoms with Gasteiger partial charge in [0.05, 0.1) is 18.9 Å². The fraction of sp³-hybridized carbons (Fsp3) is 0.500. The van der Waals surface area contributed by atoms with Gasteiger partial charge < -0.3 is 14.8 Å². The Hall–Kier alpha value is -3.14. The van der Waals surface area contributed by atoms with E-state index in [1.807, 2.05) is 0 Å². The third kappa shape index (κ3) is 4.63. The first-order valence-electron chi connectivity index (χ1n) is 13.1. The first-order chi connectivity index (χ1) is 19.1. The van der Waals surface area contributed by atoms with Gasteiger partial charge in [-0.1, -0.05) is 12.1 Å². The van der Waals surface area contributed by atoms with Gasteiger partial charge in [-0.15, -0.1) is 0 Å². The molecule has 1 amide bonds. The molecule has 40 heavy (non-hydrogen) atoms. The van der Waals surface area contributed by atoms with Crippen LogP contribution in [0.25, 0.3) is 0 Å². The van der Waals surface area contributed by atoms with Gasteiger partial charge in [0.25, 0.3) is 0 Å². The van der Waals surface area contributed by atoms with Gasteiger partial charge in [-0.05, 0) is 73.6 Å². The molecule has 0 heterocycles. The Morgan fingerprint density at radius 2 is 1.88 bits per heavy atom. The standard InChI is InChI=1S/C28H28F3N3O5S/c1-37-21-4-2-3-18(13-21)27(23(28(27,30)31)38-20-9-7-19(29)8-10-20)34-26(24(35)33-25(16-32)11-12-25)14-22(26)39-40(36)15-17-5-6-17/h2-4,7-10,13,17,22-23,34H,5-6,11-12,14-15H2,1H3,(H,33,35)/t22-,23?,26?,27?,40?/m1/s1. The predicted octanol–water partition coefficient (Wildman–Crippen LogP) is 3.49. The van der Waals surface area contributed by atoms with E-state index in [-0.39, 0.29) is 23.7 Å². The largest absolute Gasteiger partial charge is 0.497 e. The average Bonchev–Trinajstić information content (AvgIpc) is 3.80. The number of halogens is 3. The van der Waals surface area contributed by atoms with Crippen molar-refractivity contribution in [2.45, 2.75) is 66.9 Å². The molecule has 4 saturated carbocycles. The SMILES string of the molecule is COc1cccc(C2(NC3(C(=O)NC4(C#N)CC4)C[C@H]3OS(=O)CC3CC3)C(Oc3ccc(F)cc3)C2(F)F)c1. The van der Waals surface area contributed by atoms with Crippen LogP contribution in [-0.2, 0) is 25.6 Å². The minimum atomic E-state index is -3.53. The molecule has 12 heteroatoms. The maximum absolute atomic E-state index is 16.0. The number of amides is 1. The zero-order valence-corrected chi connectivity index (χ0v) is 22.4. The van der Waals surface area contributed by atoms with Crippen LogP contribution in [0.2, 0.25) is 0 Å². The summed E-state index contributed by atoms with van der Waals surface area (Å²) in [6, 6.07) is 12.8. The first kappa shape index (κ1) is 27.1. The van der Waals surface area contributed by atoms with Crippen molar-refractivity contribution in [2.24, 2.45) is 5.92 Å². The summed E-state index contributed by atoms with van der Waals surface area (Å²) in [5.74, 6) is -3.83. The van der Waals surface area contributed by atoms with Crippen molar-refractivity contribution in [3.63, 3.8) is 0 Å². The van der Waals surface area contributed by atoms with Crippen LogP contribution in [0.1, 0.15) is 37.7 Å². The second-order valence-corrected chi connectivity index (χ2v) is 12.2. The molecule has 4 aliphatic rings. The van der Waals surface area contributed by atoms with Crippen LogP contribution in [0.4, 0.5) is 13.2 Å². The smallest absolute Gasteiger partial charge is 0.312 e. The molecule has 4 aliphatic carbocycles. The van der Waals surface area contributed by atoms with Gasteiger partial charge in [-0.25, -0.2) is 8.60 Å². The summed E-state index contributed by atoms with van der Waals surface area (Å²) in [5.41, 5.74) is -4.88. The van der Waals surface area contributed by atoms with E-state index in [1.54, 1.807) is 12.1 Å². The van der Waals surface area contributed by atoms with Crippen molar-refractivity contribution in [2.75, 3.05) is 12.9 Å². The highest BCUT2D eigenvalue weighted by Gasteiger charge is 2.87. The van der Waals surface area contributed by atoms with Gasteiger partial charge in [0, 0.05) is 6.42 Å². The van der Waals surface area contributed by atoms with E-state index in [2.05, 4.69) is 16.7 Å². The average molecular weight is 576 g/mol. The lowest BCUT2D eigenvalue weighted by molar-refractivity contribution is -0.126. The Balaban J connectivity index is 1.36. The molecule has 0 aliphatic heterocycles. The van der Waals surface area contributed by atoms with Crippen LogP contribution in [0, 0.1) is 23.1 Å². The summed E-state index contributed by atoms with van der Waals surface area (Å²) in [5, 5.41) is 15.2. The molecule has 0 bridgehead atoms. The van der Waals surface area contributed by atoms with Crippen LogP contribution in [0.5, 0.6) is 11.5 Å². The number of benzene rings is 2. The number of hydrogen-bond donors (Lipinski definition) is 2. The molecule has 6 rings (SSSR count). The molecule has 2 aromatic carbocycles. The summed E-state index contributed by atoms with van der Waals surface area (Å²) >= 11 is -1.71. The number of hydrogen-bond acceptors (Lipinski definition) is 7. The van der Waals surface area contributed by atoms with Crippen molar-refractivity contribution in [1.82, 2.24) is 10.6 Å². The van der Waals surface area contributed by atoms with E-state index < -0.39 is 57.6 Å². The second-order valence-electron chi connectivity index (χ2n) is 11.1. The van der Waals surface area contributed by atoms with Crippen molar-refractivity contribution >= 4 is 17.0 Å². The fourth-order valence-electron chi connectivity index (χ4n) is 5.11. The zero-order valence-electron chi connectivity index (χ0n) is 21.6. The molecular formula is C28H28F3N3O5S. The molecule has 0 spiro atoms. The molecule has 212 valence electrons. The molecular weight excluding hydrogens is 547 g/mol.